The highest BCUT2D eigenvalue weighted by Gasteiger charge is 2.43. The maximum absolute atomic E-state index is 12.3. The first-order valence-corrected chi connectivity index (χ1v) is 8.08. The van der Waals surface area contributed by atoms with Gasteiger partial charge in [0, 0.05) is 0 Å². The lowest BCUT2D eigenvalue weighted by Crippen LogP contribution is -2.48. The predicted octanol–water partition coefficient (Wildman–Crippen LogP) is 1.68. The van der Waals surface area contributed by atoms with Gasteiger partial charge in [-0.3, -0.25) is 4.79 Å². The Balaban J connectivity index is 2.06. The van der Waals surface area contributed by atoms with Gasteiger partial charge in [0.15, 0.2) is 18.1 Å². The summed E-state index contributed by atoms with van der Waals surface area (Å²) in [7, 11) is 4.27. The second kappa shape index (κ2) is 7.95. The zero-order chi connectivity index (χ0) is 19.3. The monoisotopic (exact) mass is 362 g/mol. The minimum Gasteiger partial charge on any atom is -0.493 e. The first-order chi connectivity index (χ1) is 12.4. The third-order valence-electron chi connectivity index (χ3n) is 4.28. The topological polar surface area (TPSA) is 107 Å². The van der Waals surface area contributed by atoms with Gasteiger partial charge in [0.1, 0.15) is 11.1 Å². The standard InChI is InChI=1S/C18H22N2O6/c1-18(10-19,11-5-6-11)20-14(21)9-26-17(22)12-7-8-13(23-2)16(25-4)15(12)24-3/h7-8,11H,5-6,9H2,1-4H3,(H,20,21)/t18-/m1/s1. The molecule has 1 saturated carbocycles. The summed E-state index contributed by atoms with van der Waals surface area (Å²) in [4.78, 5) is 24.4. The molecule has 8 heteroatoms. The van der Waals surface area contributed by atoms with Crippen LogP contribution in [0.1, 0.15) is 30.1 Å². The van der Waals surface area contributed by atoms with Crippen LogP contribution in [0, 0.1) is 17.2 Å². The highest BCUT2D eigenvalue weighted by Crippen LogP contribution is 2.40. The Bertz CT molecular complexity index is 738. The van der Waals surface area contributed by atoms with Gasteiger partial charge >= 0.3 is 5.97 Å². The van der Waals surface area contributed by atoms with Crippen molar-refractivity contribution in [3.05, 3.63) is 17.7 Å². The number of carbonyl (C=O) groups excluding carboxylic acids is 2. The van der Waals surface area contributed by atoms with Crippen LogP contribution < -0.4 is 19.5 Å². The minimum absolute atomic E-state index is 0.100. The molecule has 0 spiro atoms. The van der Waals surface area contributed by atoms with E-state index in [2.05, 4.69) is 11.4 Å². The van der Waals surface area contributed by atoms with Gasteiger partial charge in [-0.2, -0.15) is 5.26 Å². The number of nitrogens with zero attached hydrogens (tertiary/aromatic N) is 1. The van der Waals surface area contributed by atoms with Crippen LogP contribution in [0.2, 0.25) is 0 Å². The molecule has 0 aromatic heterocycles. The van der Waals surface area contributed by atoms with E-state index in [0.29, 0.717) is 5.75 Å². The molecule has 0 saturated heterocycles. The summed E-state index contributed by atoms with van der Waals surface area (Å²) >= 11 is 0. The van der Waals surface area contributed by atoms with Crippen molar-refractivity contribution < 1.29 is 28.5 Å². The maximum Gasteiger partial charge on any atom is 0.342 e. The zero-order valence-electron chi connectivity index (χ0n) is 15.3. The summed E-state index contributed by atoms with van der Waals surface area (Å²) in [5, 5.41) is 11.9. The van der Waals surface area contributed by atoms with Crippen LogP contribution in [0.4, 0.5) is 0 Å². The molecular formula is C18H22N2O6. The first kappa shape index (κ1) is 19.4. The SMILES string of the molecule is COc1ccc(C(=O)OCC(=O)N[C@](C)(C#N)C2CC2)c(OC)c1OC. The van der Waals surface area contributed by atoms with Crippen molar-refractivity contribution in [2.24, 2.45) is 5.92 Å². The van der Waals surface area contributed by atoms with Gasteiger partial charge in [-0.05, 0) is 37.8 Å². The van der Waals surface area contributed by atoms with Crippen LogP contribution >= 0.6 is 0 Å². The molecule has 140 valence electrons. The quantitative estimate of drug-likeness (QED) is 0.701. The Kier molecular flexibility index (Phi) is 5.93. The maximum atomic E-state index is 12.3. The number of hydrogen-bond acceptors (Lipinski definition) is 7. The van der Waals surface area contributed by atoms with Crippen LogP contribution in [-0.2, 0) is 9.53 Å². The molecule has 1 aliphatic rings. The van der Waals surface area contributed by atoms with Gasteiger partial charge in [0.05, 0.1) is 27.4 Å². The lowest BCUT2D eigenvalue weighted by Gasteiger charge is -2.22. The van der Waals surface area contributed by atoms with E-state index in [-0.39, 0.29) is 23.0 Å². The average molecular weight is 362 g/mol. The fraction of sp³-hybridized carbons (Fsp3) is 0.500. The molecule has 0 unspecified atom stereocenters. The molecule has 1 aliphatic carbocycles. The summed E-state index contributed by atoms with van der Waals surface area (Å²) in [6, 6.07) is 5.12. The van der Waals surface area contributed by atoms with Crippen LogP contribution in [0.3, 0.4) is 0 Å². The molecule has 0 heterocycles. The Labute approximate surface area is 152 Å². The Morgan fingerprint density at radius 2 is 1.85 bits per heavy atom. The summed E-state index contributed by atoms with van der Waals surface area (Å²) in [5.74, 6) is -0.348. The van der Waals surface area contributed by atoms with E-state index in [9.17, 15) is 14.9 Å². The van der Waals surface area contributed by atoms with Crippen LogP contribution in [0.15, 0.2) is 12.1 Å². The summed E-state index contributed by atoms with van der Waals surface area (Å²) in [6.45, 7) is 1.17. The van der Waals surface area contributed by atoms with Gasteiger partial charge in [-0.15, -0.1) is 0 Å². The van der Waals surface area contributed by atoms with E-state index in [4.69, 9.17) is 18.9 Å². The number of esters is 1. The van der Waals surface area contributed by atoms with Crippen LogP contribution in [0.25, 0.3) is 0 Å². The number of amides is 1. The molecule has 1 amide bonds. The molecule has 2 rings (SSSR count). The molecule has 1 atom stereocenters. The molecule has 0 aliphatic heterocycles. The minimum atomic E-state index is -0.940. The summed E-state index contributed by atoms with van der Waals surface area (Å²) < 4.78 is 20.7. The number of carbonyl (C=O) groups is 2. The van der Waals surface area contributed by atoms with Gasteiger partial charge in [0.2, 0.25) is 5.75 Å². The predicted molar refractivity (Wildman–Crippen MR) is 91.3 cm³/mol. The van der Waals surface area contributed by atoms with Crippen molar-refractivity contribution in [3.8, 4) is 23.3 Å². The van der Waals surface area contributed by atoms with Crippen molar-refractivity contribution >= 4 is 11.9 Å². The second-order valence-corrected chi connectivity index (χ2v) is 6.09. The van der Waals surface area contributed by atoms with Crippen molar-refractivity contribution in [3.63, 3.8) is 0 Å². The van der Waals surface area contributed by atoms with E-state index in [1.54, 1.807) is 6.92 Å². The number of hydrogen-bond donors (Lipinski definition) is 1. The fourth-order valence-corrected chi connectivity index (χ4v) is 2.68. The highest BCUT2D eigenvalue weighted by molar-refractivity contribution is 5.95. The normalized spacial score (nSPS) is 15.2. The van der Waals surface area contributed by atoms with E-state index < -0.39 is 24.0 Å². The van der Waals surface area contributed by atoms with Crippen LogP contribution in [0.5, 0.6) is 17.2 Å². The summed E-state index contributed by atoms with van der Waals surface area (Å²) in [5.41, 5.74) is -0.840. The van der Waals surface area contributed by atoms with Crippen molar-refractivity contribution in [2.75, 3.05) is 27.9 Å². The van der Waals surface area contributed by atoms with E-state index in [1.807, 2.05) is 0 Å². The van der Waals surface area contributed by atoms with Crippen molar-refractivity contribution in [1.82, 2.24) is 5.32 Å². The average Bonchev–Trinajstić information content (AvgIpc) is 3.50. The number of nitrogens with one attached hydrogen (secondary N) is 1. The Hall–Kier alpha value is -2.95. The third kappa shape index (κ3) is 3.99. The molecule has 26 heavy (non-hydrogen) atoms. The molecule has 1 aromatic rings. The fourth-order valence-electron chi connectivity index (χ4n) is 2.68. The van der Waals surface area contributed by atoms with E-state index in [0.717, 1.165) is 12.8 Å². The molecule has 8 nitrogen and oxygen atoms in total. The number of ether oxygens (including phenoxy) is 4. The van der Waals surface area contributed by atoms with Crippen molar-refractivity contribution in [2.45, 2.75) is 25.3 Å². The van der Waals surface area contributed by atoms with E-state index in [1.165, 1.54) is 33.5 Å². The number of methoxy groups -OCH3 is 3. The van der Waals surface area contributed by atoms with Gasteiger partial charge < -0.3 is 24.3 Å². The molecule has 1 aromatic carbocycles. The van der Waals surface area contributed by atoms with Crippen molar-refractivity contribution in [1.29, 1.82) is 5.26 Å². The first-order valence-electron chi connectivity index (χ1n) is 8.08. The molecule has 1 fully saturated rings. The Morgan fingerprint density at radius 3 is 2.35 bits per heavy atom. The lowest BCUT2D eigenvalue weighted by atomic mass is 9.98. The summed E-state index contributed by atoms with van der Waals surface area (Å²) in [6.07, 6.45) is 1.79. The van der Waals surface area contributed by atoms with E-state index >= 15 is 0 Å². The second-order valence-electron chi connectivity index (χ2n) is 6.09. The van der Waals surface area contributed by atoms with Gasteiger partial charge in [-0.25, -0.2) is 4.79 Å². The number of rotatable bonds is 8. The smallest absolute Gasteiger partial charge is 0.342 e. The Morgan fingerprint density at radius 1 is 1.19 bits per heavy atom. The largest absolute Gasteiger partial charge is 0.493 e. The number of benzene rings is 1. The molecule has 0 radical (unpaired) electrons. The zero-order valence-corrected chi connectivity index (χ0v) is 15.3. The number of nitriles is 1. The third-order valence-corrected chi connectivity index (χ3v) is 4.28. The highest BCUT2D eigenvalue weighted by atomic mass is 16.5. The molecule has 1 N–H and O–H groups in total. The molecule has 0 bridgehead atoms. The van der Waals surface area contributed by atoms with Gasteiger partial charge in [0.25, 0.3) is 5.91 Å². The molecular weight excluding hydrogens is 340 g/mol. The van der Waals surface area contributed by atoms with Gasteiger partial charge in [-0.1, -0.05) is 0 Å². The lowest BCUT2D eigenvalue weighted by molar-refractivity contribution is -0.125. The van der Waals surface area contributed by atoms with Crippen LogP contribution in [-0.4, -0.2) is 45.4 Å².